The second kappa shape index (κ2) is 59.6. The summed E-state index contributed by atoms with van der Waals surface area (Å²) in [4.78, 5) is 0. The summed E-state index contributed by atoms with van der Waals surface area (Å²) in [5, 5.41) is 0. The molecule has 0 atom stereocenters. The van der Waals surface area contributed by atoms with E-state index in [9.17, 15) is 0 Å². The molecule has 31 valence electrons. The Bertz CT molecular complexity index is 6.85. The van der Waals surface area contributed by atoms with E-state index in [1.165, 1.54) is 0 Å². The molecule has 0 aromatic rings. The molecule has 0 saturated heterocycles. The van der Waals surface area contributed by atoms with Gasteiger partial charge in [0.1, 0.15) is 0 Å². The summed E-state index contributed by atoms with van der Waals surface area (Å²) < 4.78 is 0. The topological polar surface area (TPSA) is 85.5 Å². The molecule has 5 heavy (non-hydrogen) atoms. The summed E-state index contributed by atoms with van der Waals surface area (Å²) in [6, 6.07) is 0. The quantitative estimate of drug-likeness (QED) is 0.509. The van der Waals surface area contributed by atoms with Gasteiger partial charge >= 0.3 is 43.0 Å². The van der Waals surface area contributed by atoms with Crippen LogP contribution in [0.5, 0.6) is 0 Å². The normalized spacial score (nSPS) is 0. The molecule has 0 aliphatic heterocycles. The second-order valence-corrected chi connectivity index (χ2v) is 0. The van der Waals surface area contributed by atoms with Crippen molar-refractivity contribution in [3.05, 3.63) is 0 Å². The molecule has 0 aromatic heterocycles. The van der Waals surface area contributed by atoms with Crippen LogP contribution in [-0.2, 0) is 59.4 Å². The maximum absolute atomic E-state index is 0. The van der Waals surface area contributed by atoms with Crippen molar-refractivity contribution < 1.29 is 59.4 Å². The zero-order valence-corrected chi connectivity index (χ0v) is 5.56. The SMILES string of the molecule is [Co+3].[O-2].[O-2].[O-2].[Zr+3]. The van der Waals surface area contributed by atoms with Crippen molar-refractivity contribution >= 4 is 0 Å². The van der Waals surface area contributed by atoms with Gasteiger partial charge in [-0.25, -0.2) is 0 Å². The summed E-state index contributed by atoms with van der Waals surface area (Å²) in [5.74, 6) is 0. The van der Waals surface area contributed by atoms with E-state index in [-0.39, 0.29) is 59.4 Å². The van der Waals surface area contributed by atoms with Crippen LogP contribution in [0.2, 0.25) is 0 Å². The van der Waals surface area contributed by atoms with Crippen molar-refractivity contribution in [2.45, 2.75) is 0 Å². The molecule has 3 nitrogen and oxygen atoms in total. The van der Waals surface area contributed by atoms with Crippen molar-refractivity contribution in [2.24, 2.45) is 0 Å². The maximum Gasteiger partial charge on any atom is 3.00 e. The minimum absolute atomic E-state index is 0. The fourth-order valence-corrected chi connectivity index (χ4v) is 0. The molecular weight excluding hydrogens is 198 g/mol. The molecule has 0 amide bonds. The molecule has 5 heteroatoms. The van der Waals surface area contributed by atoms with Crippen LogP contribution in [0.1, 0.15) is 0 Å². The van der Waals surface area contributed by atoms with Crippen LogP contribution < -0.4 is 0 Å². The van der Waals surface area contributed by atoms with Gasteiger partial charge in [-0.15, -0.1) is 0 Å². The van der Waals surface area contributed by atoms with Crippen molar-refractivity contribution in [1.82, 2.24) is 0 Å². The number of hydrogen-bond acceptors (Lipinski definition) is 0. The Morgan fingerprint density at radius 3 is 0.600 bits per heavy atom. The van der Waals surface area contributed by atoms with E-state index in [4.69, 9.17) is 0 Å². The summed E-state index contributed by atoms with van der Waals surface area (Å²) >= 11 is 0. The van der Waals surface area contributed by atoms with E-state index >= 15 is 0 Å². The monoisotopic (exact) mass is 197 g/mol. The number of hydrogen-bond donors (Lipinski definition) is 0. The van der Waals surface area contributed by atoms with Crippen molar-refractivity contribution in [2.75, 3.05) is 0 Å². The fourth-order valence-electron chi connectivity index (χ4n) is 0. The Kier molecular flexibility index (Phi) is 1290. The maximum atomic E-state index is 0. The third-order valence-corrected chi connectivity index (χ3v) is 0. The van der Waals surface area contributed by atoms with Crippen molar-refractivity contribution in [3.63, 3.8) is 0 Å². The smallest absolute Gasteiger partial charge is 2.00 e. The van der Waals surface area contributed by atoms with Crippen LogP contribution in [0.15, 0.2) is 0 Å². The molecule has 0 fully saturated rings. The van der Waals surface area contributed by atoms with Gasteiger partial charge in [0.15, 0.2) is 0 Å². The average Bonchev–Trinajstić information content (AvgIpc) is 0. The van der Waals surface area contributed by atoms with Gasteiger partial charge in [-0.2, -0.15) is 0 Å². The molecule has 0 aromatic carbocycles. The summed E-state index contributed by atoms with van der Waals surface area (Å²) in [6.07, 6.45) is 0. The second-order valence-electron chi connectivity index (χ2n) is 0. The Balaban J connectivity index is 0. The van der Waals surface area contributed by atoms with Crippen molar-refractivity contribution in [1.29, 1.82) is 0 Å². The first-order valence-corrected chi connectivity index (χ1v) is 0. The fraction of sp³-hybridized carbons (Fsp3) is 0. The van der Waals surface area contributed by atoms with E-state index in [0.29, 0.717) is 0 Å². The summed E-state index contributed by atoms with van der Waals surface area (Å²) in [5.41, 5.74) is 0. The molecule has 1 radical (unpaired) electrons. The first-order valence-electron chi connectivity index (χ1n) is 0. The predicted octanol–water partition coefficient (Wildman–Crippen LogP) is -0.361. The van der Waals surface area contributed by atoms with Crippen LogP contribution in [0.3, 0.4) is 0 Å². The van der Waals surface area contributed by atoms with Gasteiger partial charge in [-0.1, -0.05) is 0 Å². The molecular formula is CoO3Zr. The van der Waals surface area contributed by atoms with Crippen molar-refractivity contribution in [3.8, 4) is 0 Å². The zero-order valence-electron chi connectivity index (χ0n) is 2.06. The minimum Gasteiger partial charge on any atom is -2.00 e. The van der Waals surface area contributed by atoms with Crippen LogP contribution in [0.25, 0.3) is 0 Å². The van der Waals surface area contributed by atoms with Crippen LogP contribution in [-0.4, -0.2) is 0 Å². The number of rotatable bonds is 0. The Morgan fingerprint density at radius 2 is 0.600 bits per heavy atom. The van der Waals surface area contributed by atoms with Gasteiger partial charge in [0.05, 0.1) is 0 Å². The van der Waals surface area contributed by atoms with Gasteiger partial charge in [0.2, 0.25) is 0 Å². The molecule has 0 saturated carbocycles. The van der Waals surface area contributed by atoms with Crippen LogP contribution in [0, 0.1) is 0 Å². The third-order valence-electron chi connectivity index (χ3n) is 0. The molecule has 0 N–H and O–H groups in total. The standard InChI is InChI=1S/Co.3O.Zr/q+3;3*-2;+3. The molecule has 0 rings (SSSR count). The Labute approximate surface area is 59.4 Å². The Morgan fingerprint density at radius 1 is 0.600 bits per heavy atom. The minimum atomic E-state index is 0. The Hall–Kier alpha value is 1.27. The molecule has 0 spiro atoms. The molecule has 0 aliphatic rings. The molecule has 0 unspecified atom stereocenters. The summed E-state index contributed by atoms with van der Waals surface area (Å²) in [6.45, 7) is 0. The molecule has 0 heterocycles. The predicted molar refractivity (Wildman–Crippen MR) is 2.06 cm³/mol. The van der Waals surface area contributed by atoms with Gasteiger partial charge in [-0.3, -0.25) is 0 Å². The first-order chi connectivity index (χ1) is 0. The first kappa shape index (κ1) is 108. The van der Waals surface area contributed by atoms with Gasteiger partial charge in [0.25, 0.3) is 0 Å². The van der Waals surface area contributed by atoms with Gasteiger partial charge in [0, 0.05) is 0 Å². The van der Waals surface area contributed by atoms with Gasteiger partial charge in [-0.05, 0) is 0 Å². The average molecular weight is 198 g/mol. The molecule has 0 aliphatic carbocycles. The van der Waals surface area contributed by atoms with Gasteiger partial charge < -0.3 is 16.4 Å². The van der Waals surface area contributed by atoms with E-state index in [1.807, 2.05) is 0 Å². The summed E-state index contributed by atoms with van der Waals surface area (Å²) in [7, 11) is 0. The van der Waals surface area contributed by atoms with E-state index in [0.717, 1.165) is 0 Å². The van der Waals surface area contributed by atoms with Crippen LogP contribution >= 0.6 is 0 Å². The van der Waals surface area contributed by atoms with E-state index in [2.05, 4.69) is 0 Å². The third kappa shape index (κ3) is 34.9. The zero-order chi connectivity index (χ0) is 0. The largest absolute Gasteiger partial charge is 3.00 e. The molecule has 0 bridgehead atoms. The van der Waals surface area contributed by atoms with E-state index in [1.54, 1.807) is 0 Å². The van der Waals surface area contributed by atoms with Crippen LogP contribution in [0.4, 0.5) is 0 Å². The van der Waals surface area contributed by atoms with E-state index < -0.39 is 0 Å².